The summed E-state index contributed by atoms with van der Waals surface area (Å²) in [4.78, 5) is 23.2. The molecule has 1 N–H and O–H groups in total. The minimum absolute atomic E-state index is 0.0428. The van der Waals surface area contributed by atoms with Gasteiger partial charge in [-0.15, -0.1) is 0 Å². The van der Waals surface area contributed by atoms with Crippen LogP contribution in [0.15, 0.2) is 23.8 Å². The summed E-state index contributed by atoms with van der Waals surface area (Å²) in [5, 5.41) is 11.0. The average Bonchev–Trinajstić information content (AvgIpc) is 2.47. The fraction of sp³-hybridized carbons (Fsp3) is 0.684. The van der Waals surface area contributed by atoms with Crippen LogP contribution in [0.25, 0.3) is 0 Å². The van der Waals surface area contributed by atoms with Crippen LogP contribution in [0, 0.1) is 16.7 Å². The summed E-state index contributed by atoms with van der Waals surface area (Å²) >= 11 is 0. The van der Waals surface area contributed by atoms with Crippen molar-refractivity contribution < 1.29 is 19.4 Å². The zero-order valence-corrected chi connectivity index (χ0v) is 14.2. The molecule has 0 aliphatic heterocycles. The van der Waals surface area contributed by atoms with E-state index < -0.39 is 5.60 Å². The van der Waals surface area contributed by atoms with E-state index in [4.69, 9.17) is 4.74 Å². The normalized spacial score (nSPS) is 42.5. The molecular formula is C19H26O4. The van der Waals surface area contributed by atoms with Crippen molar-refractivity contribution in [2.24, 2.45) is 16.7 Å². The number of hydrogen-bond acceptors (Lipinski definition) is 4. The van der Waals surface area contributed by atoms with Crippen molar-refractivity contribution in [2.45, 2.75) is 58.5 Å². The van der Waals surface area contributed by atoms with Gasteiger partial charge >= 0.3 is 5.97 Å². The Labute approximate surface area is 137 Å². The fourth-order valence-corrected chi connectivity index (χ4v) is 5.27. The summed E-state index contributed by atoms with van der Waals surface area (Å²) in [7, 11) is 0. The summed E-state index contributed by atoms with van der Waals surface area (Å²) in [5.41, 5.74) is -0.452. The molecule has 0 heterocycles. The first-order valence-corrected chi connectivity index (χ1v) is 8.51. The maximum Gasteiger partial charge on any atom is 0.302 e. The molecule has 4 nitrogen and oxygen atoms in total. The Morgan fingerprint density at radius 1 is 1.35 bits per heavy atom. The van der Waals surface area contributed by atoms with E-state index in [0.717, 1.165) is 31.3 Å². The molecule has 0 bridgehead atoms. The van der Waals surface area contributed by atoms with Crippen molar-refractivity contribution >= 4 is 11.8 Å². The van der Waals surface area contributed by atoms with Gasteiger partial charge in [0.1, 0.15) is 5.60 Å². The van der Waals surface area contributed by atoms with Gasteiger partial charge in [-0.2, -0.15) is 0 Å². The van der Waals surface area contributed by atoms with E-state index >= 15 is 0 Å². The third-order valence-corrected chi connectivity index (χ3v) is 6.37. The van der Waals surface area contributed by atoms with Crippen molar-refractivity contribution in [1.82, 2.24) is 0 Å². The van der Waals surface area contributed by atoms with Crippen molar-refractivity contribution in [3.8, 4) is 0 Å². The van der Waals surface area contributed by atoms with Crippen molar-refractivity contribution in [3.05, 3.63) is 23.8 Å². The Hall–Kier alpha value is -1.42. The number of ether oxygens (including phenoxy) is 1. The minimum Gasteiger partial charge on any atom is -0.465 e. The molecule has 0 radical (unpaired) electrons. The highest BCUT2D eigenvalue weighted by Gasteiger charge is 2.58. The van der Waals surface area contributed by atoms with Gasteiger partial charge in [0.15, 0.2) is 5.78 Å². The number of esters is 1. The molecule has 0 amide bonds. The van der Waals surface area contributed by atoms with Crippen LogP contribution in [0.2, 0.25) is 0 Å². The summed E-state index contributed by atoms with van der Waals surface area (Å²) in [6, 6.07) is 0. The Balaban J connectivity index is 1.97. The number of fused-ring (bicyclic) bond motifs is 3. The van der Waals surface area contributed by atoms with Gasteiger partial charge in [-0.1, -0.05) is 20.3 Å². The third kappa shape index (κ3) is 2.57. The largest absolute Gasteiger partial charge is 0.465 e. The van der Waals surface area contributed by atoms with Crippen molar-refractivity contribution in [2.75, 3.05) is 6.61 Å². The van der Waals surface area contributed by atoms with Gasteiger partial charge in [0.2, 0.25) is 0 Å². The van der Waals surface area contributed by atoms with Crippen molar-refractivity contribution in [3.63, 3.8) is 0 Å². The van der Waals surface area contributed by atoms with Crippen LogP contribution in [0.5, 0.6) is 0 Å². The lowest BCUT2D eigenvalue weighted by Crippen LogP contribution is -2.55. The molecule has 0 saturated heterocycles. The maximum absolute atomic E-state index is 11.9. The summed E-state index contributed by atoms with van der Waals surface area (Å²) < 4.78 is 5.36. The average molecular weight is 318 g/mol. The molecule has 2 fully saturated rings. The van der Waals surface area contributed by atoms with E-state index in [0.29, 0.717) is 18.9 Å². The molecular weight excluding hydrogens is 292 g/mol. The third-order valence-electron chi connectivity index (χ3n) is 6.37. The molecule has 3 aliphatic carbocycles. The second kappa shape index (κ2) is 5.30. The van der Waals surface area contributed by atoms with E-state index in [1.165, 1.54) is 13.0 Å². The van der Waals surface area contributed by atoms with Crippen LogP contribution >= 0.6 is 0 Å². The summed E-state index contributed by atoms with van der Waals surface area (Å²) in [6.45, 7) is 6.21. The quantitative estimate of drug-likeness (QED) is 0.795. The standard InChI is InChI=1S/C19H26O4/c1-13(20)23-12-17(2)7-4-8-18(3)15(17)6-10-19(22)9-5-14(21)11-16(18)19/h5,9,11,15,22H,4,6-8,10,12H2,1-3H3/t15-,17+,18-,19-/m0/s1. The number of aliphatic hydroxyl groups is 1. The Kier molecular flexibility index (Phi) is 3.79. The van der Waals surface area contributed by atoms with Crippen LogP contribution in [0.1, 0.15) is 52.9 Å². The minimum atomic E-state index is -0.987. The predicted molar refractivity (Wildman–Crippen MR) is 86.6 cm³/mol. The van der Waals surface area contributed by atoms with E-state index in [9.17, 15) is 14.7 Å². The molecule has 4 atom stereocenters. The maximum atomic E-state index is 11.9. The van der Waals surface area contributed by atoms with E-state index in [1.54, 1.807) is 12.2 Å². The zero-order chi connectivity index (χ0) is 16.9. The van der Waals surface area contributed by atoms with Crippen LogP contribution in [-0.4, -0.2) is 29.1 Å². The van der Waals surface area contributed by atoms with Gasteiger partial charge in [0.05, 0.1) is 6.61 Å². The van der Waals surface area contributed by atoms with Crippen LogP contribution < -0.4 is 0 Å². The smallest absolute Gasteiger partial charge is 0.302 e. The molecule has 0 spiro atoms. The molecule has 0 aromatic rings. The number of carbonyl (C=O) groups is 2. The number of carbonyl (C=O) groups excluding carboxylic acids is 2. The molecule has 126 valence electrons. The monoisotopic (exact) mass is 318 g/mol. The van der Waals surface area contributed by atoms with E-state index in [1.807, 2.05) is 0 Å². The number of allylic oxidation sites excluding steroid dienone is 2. The SMILES string of the molecule is CC(=O)OC[C@@]1(C)CCC[C@]2(C)C3=CC(=O)C=C[C@]3(O)CC[C@@H]12. The van der Waals surface area contributed by atoms with Gasteiger partial charge in [-0.05, 0) is 60.8 Å². The predicted octanol–water partition coefficient (Wildman–Crippen LogP) is 2.95. The van der Waals surface area contributed by atoms with Crippen molar-refractivity contribution in [1.29, 1.82) is 0 Å². The highest BCUT2D eigenvalue weighted by molar-refractivity contribution is 6.01. The van der Waals surface area contributed by atoms with Gasteiger partial charge in [-0.3, -0.25) is 9.59 Å². The Morgan fingerprint density at radius 3 is 2.78 bits per heavy atom. The van der Waals surface area contributed by atoms with Gasteiger partial charge in [-0.25, -0.2) is 0 Å². The lowest BCUT2D eigenvalue weighted by molar-refractivity contribution is -0.151. The lowest BCUT2D eigenvalue weighted by Gasteiger charge is -2.59. The molecule has 3 rings (SSSR count). The first-order valence-electron chi connectivity index (χ1n) is 8.51. The number of rotatable bonds is 2. The molecule has 0 aromatic heterocycles. The number of ketones is 1. The second-order valence-corrected chi connectivity index (χ2v) is 8.01. The summed E-state index contributed by atoms with van der Waals surface area (Å²) in [5.74, 6) is 0.00791. The lowest BCUT2D eigenvalue weighted by atomic mass is 9.47. The van der Waals surface area contributed by atoms with Crippen LogP contribution in [0.3, 0.4) is 0 Å². The molecule has 0 unspecified atom stereocenters. The van der Waals surface area contributed by atoms with Gasteiger partial charge in [0, 0.05) is 12.3 Å². The topological polar surface area (TPSA) is 63.6 Å². The molecule has 2 saturated carbocycles. The Morgan fingerprint density at radius 2 is 2.09 bits per heavy atom. The Bertz CT molecular complexity index is 604. The summed E-state index contributed by atoms with van der Waals surface area (Å²) in [6.07, 6.45) is 9.27. The van der Waals surface area contributed by atoms with E-state index in [2.05, 4.69) is 13.8 Å². The number of hydrogen-bond donors (Lipinski definition) is 1. The fourth-order valence-electron chi connectivity index (χ4n) is 5.27. The van der Waals surface area contributed by atoms with Crippen LogP contribution in [0.4, 0.5) is 0 Å². The van der Waals surface area contributed by atoms with Crippen LogP contribution in [-0.2, 0) is 14.3 Å². The molecule has 3 aliphatic rings. The molecule has 23 heavy (non-hydrogen) atoms. The van der Waals surface area contributed by atoms with E-state index in [-0.39, 0.29) is 22.6 Å². The molecule has 0 aromatic carbocycles. The molecule has 4 heteroatoms. The second-order valence-electron chi connectivity index (χ2n) is 8.01. The zero-order valence-electron chi connectivity index (χ0n) is 14.2. The first kappa shape index (κ1) is 16.4. The highest BCUT2D eigenvalue weighted by atomic mass is 16.5. The highest BCUT2D eigenvalue weighted by Crippen LogP contribution is 2.62. The first-order chi connectivity index (χ1) is 10.7. The van der Waals surface area contributed by atoms with Gasteiger partial charge < -0.3 is 9.84 Å². The van der Waals surface area contributed by atoms with Gasteiger partial charge in [0.25, 0.3) is 0 Å².